The Labute approximate surface area is 60.1 Å². The summed E-state index contributed by atoms with van der Waals surface area (Å²) in [6.07, 6.45) is 1.65. The average molecular weight is 140 g/mol. The first kappa shape index (κ1) is 7.21. The van der Waals surface area contributed by atoms with Crippen molar-refractivity contribution in [2.24, 2.45) is 5.73 Å². The molecule has 1 rings (SSSR count). The van der Waals surface area contributed by atoms with Gasteiger partial charge in [0.05, 0.1) is 6.67 Å². The van der Waals surface area contributed by atoms with Crippen molar-refractivity contribution in [3.63, 3.8) is 0 Å². The van der Waals surface area contributed by atoms with E-state index in [1.807, 2.05) is 0 Å². The Morgan fingerprint density at radius 3 is 2.70 bits per heavy atom. The molecule has 0 aliphatic rings. The van der Waals surface area contributed by atoms with Crippen molar-refractivity contribution in [3.8, 4) is 0 Å². The number of nitrogens with two attached hydrogens (primary N) is 1. The molecule has 0 aromatic carbocycles. The maximum atomic E-state index is 5.32. The molecule has 1 heterocycles. The third-order valence-electron chi connectivity index (χ3n) is 1.26. The standard InChI is InChI=1S/C6H12N4/c1-5(2)6-8-4-10(3-7)9-6/h4-5H,3,7H2,1-2H3. The number of nitrogens with zero attached hydrogens (tertiary/aromatic N) is 3. The van der Waals surface area contributed by atoms with Crippen molar-refractivity contribution in [2.45, 2.75) is 26.4 Å². The largest absolute Gasteiger partial charge is 0.312 e. The van der Waals surface area contributed by atoms with E-state index >= 15 is 0 Å². The molecular formula is C6H12N4. The van der Waals surface area contributed by atoms with E-state index in [0.29, 0.717) is 12.6 Å². The second kappa shape index (κ2) is 2.79. The predicted molar refractivity (Wildman–Crippen MR) is 38.3 cm³/mol. The van der Waals surface area contributed by atoms with Gasteiger partial charge in [0.25, 0.3) is 0 Å². The molecule has 0 atom stereocenters. The summed E-state index contributed by atoms with van der Waals surface area (Å²) in [5.41, 5.74) is 5.32. The zero-order valence-electron chi connectivity index (χ0n) is 6.28. The van der Waals surface area contributed by atoms with Crippen LogP contribution in [0.1, 0.15) is 25.6 Å². The van der Waals surface area contributed by atoms with Crippen molar-refractivity contribution < 1.29 is 0 Å². The lowest BCUT2D eigenvalue weighted by Gasteiger charge is -1.94. The minimum atomic E-state index is 0.382. The summed E-state index contributed by atoms with van der Waals surface area (Å²) >= 11 is 0. The fourth-order valence-corrected chi connectivity index (χ4v) is 0.662. The van der Waals surface area contributed by atoms with Crippen LogP contribution in [0.25, 0.3) is 0 Å². The Kier molecular flexibility index (Phi) is 2.01. The van der Waals surface area contributed by atoms with Crippen molar-refractivity contribution in [3.05, 3.63) is 12.2 Å². The summed E-state index contributed by atoms with van der Waals surface area (Å²) in [7, 11) is 0. The molecule has 0 fully saturated rings. The van der Waals surface area contributed by atoms with Gasteiger partial charge >= 0.3 is 0 Å². The van der Waals surface area contributed by atoms with E-state index in [-0.39, 0.29) is 0 Å². The van der Waals surface area contributed by atoms with E-state index < -0.39 is 0 Å². The quantitative estimate of drug-likeness (QED) is 0.643. The zero-order valence-corrected chi connectivity index (χ0v) is 6.28. The first-order chi connectivity index (χ1) is 4.74. The highest BCUT2D eigenvalue weighted by atomic mass is 15.3. The third kappa shape index (κ3) is 1.33. The number of aromatic nitrogens is 3. The van der Waals surface area contributed by atoms with E-state index in [1.54, 1.807) is 11.0 Å². The van der Waals surface area contributed by atoms with Crippen LogP contribution in [0.5, 0.6) is 0 Å². The van der Waals surface area contributed by atoms with Crippen LogP contribution < -0.4 is 5.73 Å². The van der Waals surface area contributed by atoms with Gasteiger partial charge in [-0.1, -0.05) is 13.8 Å². The van der Waals surface area contributed by atoms with Crippen LogP contribution in [-0.4, -0.2) is 14.8 Å². The van der Waals surface area contributed by atoms with Gasteiger partial charge in [0, 0.05) is 5.92 Å². The molecule has 0 aliphatic heterocycles. The highest BCUT2D eigenvalue weighted by Crippen LogP contribution is 2.05. The second-order valence-corrected chi connectivity index (χ2v) is 2.48. The molecule has 4 nitrogen and oxygen atoms in total. The average Bonchev–Trinajstić information content (AvgIpc) is 2.34. The van der Waals surface area contributed by atoms with Gasteiger partial charge in [-0.25, -0.2) is 9.67 Å². The summed E-state index contributed by atoms with van der Waals surface area (Å²) < 4.78 is 1.62. The fraction of sp³-hybridized carbons (Fsp3) is 0.667. The summed E-state index contributed by atoms with van der Waals surface area (Å²) in [5.74, 6) is 1.23. The van der Waals surface area contributed by atoms with Crippen LogP contribution in [0.3, 0.4) is 0 Å². The van der Waals surface area contributed by atoms with Crippen LogP contribution >= 0.6 is 0 Å². The van der Waals surface area contributed by atoms with Crippen LogP contribution in [0.15, 0.2) is 6.33 Å². The molecule has 0 radical (unpaired) electrons. The Bertz CT molecular complexity index is 203. The van der Waals surface area contributed by atoms with Crippen LogP contribution in [0.4, 0.5) is 0 Å². The Hall–Kier alpha value is -0.900. The fourth-order valence-electron chi connectivity index (χ4n) is 0.662. The highest BCUT2D eigenvalue weighted by Gasteiger charge is 2.02. The monoisotopic (exact) mass is 140 g/mol. The molecule has 2 N–H and O–H groups in total. The molecule has 0 saturated heterocycles. The topological polar surface area (TPSA) is 56.7 Å². The lowest BCUT2D eigenvalue weighted by molar-refractivity contribution is 0.618. The van der Waals surface area contributed by atoms with E-state index in [9.17, 15) is 0 Å². The summed E-state index contributed by atoms with van der Waals surface area (Å²) in [4.78, 5) is 4.06. The van der Waals surface area contributed by atoms with Gasteiger partial charge in [0.1, 0.15) is 6.33 Å². The molecule has 0 aliphatic carbocycles. The minimum Gasteiger partial charge on any atom is -0.312 e. The molecular weight excluding hydrogens is 128 g/mol. The van der Waals surface area contributed by atoms with Gasteiger partial charge in [-0.15, -0.1) is 0 Å². The maximum absolute atomic E-state index is 5.32. The number of hydrogen-bond acceptors (Lipinski definition) is 3. The molecule has 4 heteroatoms. The van der Waals surface area contributed by atoms with Crippen LogP contribution in [0.2, 0.25) is 0 Å². The van der Waals surface area contributed by atoms with E-state index in [0.717, 1.165) is 5.82 Å². The van der Waals surface area contributed by atoms with Crippen molar-refractivity contribution in [1.29, 1.82) is 0 Å². The SMILES string of the molecule is CC(C)c1ncn(CN)n1. The molecule has 1 aromatic heterocycles. The molecule has 0 bridgehead atoms. The maximum Gasteiger partial charge on any atom is 0.153 e. The first-order valence-electron chi connectivity index (χ1n) is 3.33. The summed E-state index contributed by atoms with van der Waals surface area (Å²) in [6, 6.07) is 0. The molecule has 0 unspecified atom stereocenters. The van der Waals surface area contributed by atoms with Gasteiger partial charge in [0.2, 0.25) is 0 Å². The predicted octanol–water partition coefficient (Wildman–Crippen LogP) is 0.318. The van der Waals surface area contributed by atoms with Gasteiger partial charge in [-0.05, 0) is 0 Å². The van der Waals surface area contributed by atoms with Gasteiger partial charge < -0.3 is 5.73 Å². The third-order valence-corrected chi connectivity index (χ3v) is 1.26. The van der Waals surface area contributed by atoms with Crippen LogP contribution in [-0.2, 0) is 6.67 Å². The van der Waals surface area contributed by atoms with E-state index in [2.05, 4.69) is 23.9 Å². The van der Waals surface area contributed by atoms with Crippen molar-refractivity contribution in [1.82, 2.24) is 14.8 Å². The zero-order chi connectivity index (χ0) is 7.56. The second-order valence-electron chi connectivity index (χ2n) is 2.48. The smallest absolute Gasteiger partial charge is 0.153 e. The first-order valence-corrected chi connectivity index (χ1v) is 3.33. The number of rotatable bonds is 2. The van der Waals surface area contributed by atoms with Gasteiger partial charge in [0.15, 0.2) is 5.82 Å². The molecule has 0 saturated carbocycles. The molecule has 10 heavy (non-hydrogen) atoms. The number of hydrogen-bond donors (Lipinski definition) is 1. The normalized spacial score (nSPS) is 10.8. The molecule has 0 spiro atoms. The summed E-state index contributed by atoms with van der Waals surface area (Å²) in [5, 5.41) is 4.11. The minimum absolute atomic E-state index is 0.382. The lowest BCUT2D eigenvalue weighted by atomic mass is 10.2. The van der Waals surface area contributed by atoms with Crippen molar-refractivity contribution in [2.75, 3.05) is 0 Å². The van der Waals surface area contributed by atoms with Gasteiger partial charge in [-0.2, -0.15) is 5.10 Å². The molecule has 1 aromatic rings. The molecule has 0 amide bonds. The van der Waals surface area contributed by atoms with E-state index in [4.69, 9.17) is 5.73 Å². The Balaban J connectivity index is 2.78. The Morgan fingerprint density at radius 1 is 1.70 bits per heavy atom. The lowest BCUT2D eigenvalue weighted by Crippen LogP contribution is -2.07. The summed E-state index contributed by atoms with van der Waals surface area (Å²) in [6.45, 7) is 4.51. The van der Waals surface area contributed by atoms with Crippen LogP contribution in [0, 0.1) is 0 Å². The van der Waals surface area contributed by atoms with E-state index in [1.165, 1.54) is 0 Å². The van der Waals surface area contributed by atoms with Gasteiger partial charge in [-0.3, -0.25) is 0 Å². The highest BCUT2D eigenvalue weighted by molar-refractivity contribution is 4.87. The van der Waals surface area contributed by atoms with Crippen molar-refractivity contribution >= 4 is 0 Å². The Morgan fingerprint density at radius 2 is 2.40 bits per heavy atom. The molecule has 56 valence electrons.